The molecule has 0 saturated heterocycles. The third kappa shape index (κ3) is 3.08. The lowest BCUT2D eigenvalue weighted by Gasteiger charge is -2.01. The number of carbonyl (C=O) groups excluding carboxylic acids is 1. The van der Waals surface area contributed by atoms with E-state index in [0.29, 0.717) is 16.9 Å². The average molecular weight is 309 g/mol. The first-order chi connectivity index (χ1) is 6.13. The van der Waals surface area contributed by atoms with Gasteiger partial charge in [0, 0.05) is 4.47 Å². The van der Waals surface area contributed by atoms with Crippen LogP contribution in [0.1, 0.15) is 17.4 Å². The van der Waals surface area contributed by atoms with E-state index in [1.807, 2.05) is 0 Å². The minimum atomic E-state index is -0.412. The first kappa shape index (κ1) is 10.7. The minimum Gasteiger partial charge on any atom is -0.461 e. The van der Waals surface area contributed by atoms with Crippen molar-refractivity contribution >= 4 is 37.8 Å². The van der Waals surface area contributed by atoms with Crippen LogP contribution in [-0.2, 0) is 4.74 Å². The summed E-state index contributed by atoms with van der Waals surface area (Å²) in [4.78, 5) is 15.2. The molecule has 0 radical (unpaired) electrons. The van der Waals surface area contributed by atoms with Gasteiger partial charge >= 0.3 is 5.97 Å². The molecule has 1 rings (SSSR count). The summed E-state index contributed by atoms with van der Waals surface area (Å²) in [6, 6.07) is 3.37. The van der Waals surface area contributed by atoms with Crippen molar-refractivity contribution in [1.82, 2.24) is 4.98 Å². The van der Waals surface area contributed by atoms with Crippen LogP contribution in [0.5, 0.6) is 0 Å². The van der Waals surface area contributed by atoms with Gasteiger partial charge in [0.2, 0.25) is 0 Å². The van der Waals surface area contributed by atoms with Gasteiger partial charge in [0.15, 0.2) is 5.69 Å². The molecule has 0 unspecified atom stereocenters. The zero-order valence-electron chi connectivity index (χ0n) is 6.88. The monoisotopic (exact) mass is 307 g/mol. The van der Waals surface area contributed by atoms with Crippen molar-refractivity contribution in [2.75, 3.05) is 6.61 Å². The molecular formula is C8H7Br2NO2. The molecule has 0 amide bonds. The fraction of sp³-hybridized carbons (Fsp3) is 0.250. The van der Waals surface area contributed by atoms with Crippen molar-refractivity contribution in [3.63, 3.8) is 0 Å². The van der Waals surface area contributed by atoms with E-state index in [1.54, 1.807) is 19.1 Å². The molecule has 0 spiro atoms. The largest absolute Gasteiger partial charge is 0.461 e. The van der Waals surface area contributed by atoms with Crippen LogP contribution < -0.4 is 0 Å². The predicted octanol–water partition coefficient (Wildman–Crippen LogP) is 2.78. The van der Waals surface area contributed by atoms with E-state index < -0.39 is 5.97 Å². The van der Waals surface area contributed by atoms with E-state index in [0.717, 1.165) is 4.47 Å². The summed E-state index contributed by atoms with van der Waals surface area (Å²) in [7, 11) is 0. The fourth-order valence-electron chi connectivity index (χ4n) is 0.775. The molecular weight excluding hydrogens is 302 g/mol. The van der Waals surface area contributed by atoms with Gasteiger partial charge in [-0.3, -0.25) is 0 Å². The van der Waals surface area contributed by atoms with E-state index in [-0.39, 0.29) is 0 Å². The Morgan fingerprint density at radius 1 is 1.54 bits per heavy atom. The average Bonchev–Trinajstić information content (AvgIpc) is 2.03. The molecule has 1 aromatic heterocycles. The number of halogens is 2. The number of aromatic nitrogens is 1. The van der Waals surface area contributed by atoms with Crippen molar-refractivity contribution in [1.29, 1.82) is 0 Å². The number of pyridine rings is 1. The molecule has 0 bridgehead atoms. The quantitative estimate of drug-likeness (QED) is 0.623. The second-order valence-electron chi connectivity index (χ2n) is 2.21. The van der Waals surface area contributed by atoms with Crippen LogP contribution >= 0.6 is 31.9 Å². The lowest BCUT2D eigenvalue weighted by atomic mass is 10.3. The highest BCUT2D eigenvalue weighted by Gasteiger charge is 2.09. The Balaban J connectivity index is 2.94. The molecule has 1 heterocycles. The molecule has 0 atom stereocenters. The molecule has 0 aliphatic rings. The normalized spacial score (nSPS) is 9.77. The summed E-state index contributed by atoms with van der Waals surface area (Å²) in [6.07, 6.45) is 0. The molecule has 0 N–H and O–H groups in total. The number of hydrogen-bond donors (Lipinski definition) is 0. The lowest BCUT2D eigenvalue weighted by Crippen LogP contribution is -2.06. The van der Waals surface area contributed by atoms with Crippen LogP contribution in [0.2, 0.25) is 0 Å². The van der Waals surface area contributed by atoms with Crippen LogP contribution in [0.4, 0.5) is 0 Å². The van der Waals surface area contributed by atoms with Gasteiger partial charge in [-0.2, -0.15) is 0 Å². The van der Waals surface area contributed by atoms with Crippen LogP contribution in [0.15, 0.2) is 21.2 Å². The van der Waals surface area contributed by atoms with Crippen molar-refractivity contribution in [3.05, 3.63) is 26.9 Å². The summed E-state index contributed by atoms with van der Waals surface area (Å²) in [5, 5.41) is 0. The number of nitrogens with zero attached hydrogens (tertiary/aromatic N) is 1. The maximum absolute atomic E-state index is 11.2. The maximum Gasteiger partial charge on any atom is 0.356 e. The van der Waals surface area contributed by atoms with Gasteiger partial charge in [-0.1, -0.05) is 15.9 Å². The van der Waals surface area contributed by atoms with E-state index in [1.165, 1.54) is 0 Å². The summed E-state index contributed by atoms with van der Waals surface area (Å²) in [5.41, 5.74) is 0.295. The Labute approximate surface area is 92.8 Å². The van der Waals surface area contributed by atoms with Crippen LogP contribution in [-0.4, -0.2) is 17.6 Å². The minimum absolute atomic E-state index is 0.295. The molecule has 13 heavy (non-hydrogen) atoms. The van der Waals surface area contributed by atoms with E-state index in [9.17, 15) is 4.79 Å². The molecule has 70 valence electrons. The summed E-state index contributed by atoms with van der Waals surface area (Å²) < 4.78 is 6.19. The summed E-state index contributed by atoms with van der Waals surface area (Å²) in [6.45, 7) is 2.11. The van der Waals surface area contributed by atoms with Gasteiger partial charge < -0.3 is 4.74 Å². The topological polar surface area (TPSA) is 39.2 Å². The Morgan fingerprint density at radius 2 is 2.23 bits per heavy atom. The van der Waals surface area contributed by atoms with Crippen molar-refractivity contribution in [3.8, 4) is 0 Å². The van der Waals surface area contributed by atoms with Crippen molar-refractivity contribution < 1.29 is 9.53 Å². The number of esters is 1. The maximum atomic E-state index is 11.2. The lowest BCUT2D eigenvalue weighted by molar-refractivity contribution is 0.0519. The highest BCUT2D eigenvalue weighted by atomic mass is 79.9. The molecule has 0 fully saturated rings. The van der Waals surface area contributed by atoms with Crippen LogP contribution in [0.25, 0.3) is 0 Å². The van der Waals surface area contributed by atoms with E-state index in [2.05, 4.69) is 36.8 Å². The van der Waals surface area contributed by atoms with Crippen LogP contribution in [0, 0.1) is 0 Å². The molecule has 3 nitrogen and oxygen atoms in total. The third-order valence-electron chi connectivity index (χ3n) is 1.24. The molecule has 1 aromatic rings. The molecule has 0 aliphatic carbocycles. The molecule has 0 aliphatic heterocycles. The highest BCUT2D eigenvalue weighted by Crippen LogP contribution is 2.17. The molecule has 5 heteroatoms. The Morgan fingerprint density at radius 3 is 2.77 bits per heavy atom. The molecule has 0 saturated carbocycles. The van der Waals surface area contributed by atoms with Crippen LogP contribution in [0.3, 0.4) is 0 Å². The smallest absolute Gasteiger partial charge is 0.356 e. The first-order valence-corrected chi connectivity index (χ1v) is 5.22. The zero-order valence-corrected chi connectivity index (χ0v) is 10.1. The number of rotatable bonds is 2. The van der Waals surface area contributed by atoms with Crippen molar-refractivity contribution in [2.45, 2.75) is 6.92 Å². The van der Waals surface area contributed by atoms with E-state index >= 15 is 0 Å². The Hall–Kier alpha value is -0.420. The predicted molar refractivity (Wildman–Crippen MR) is 55.6 cm³/mol. The second-order valence-corrected chi connectivity index (χ2v) is 3.94. The van der Waals surface area contributed by atoms with Gasteiger partial charge in [-0.15, -0.1) is 0 Å². The van der Waals surface area contributed by atoms with Gasteiger partial charge in [-0.05, 0) is 35.0 Å². The van der Waals surface area contributed by atoms with Crippen molar-refractivity contribution in [2.24, 2.45) is 0 Å². The van der Waals surface area contributed by atoms with Gasteiger partial charge in [0.1, 0.15) is 4.60 Å². The SMILES string of the molecule is CCOC(=O)c1cc(Br)cc(Br)n1. The van der Waals surface area contributed by atoms with E-state index in [4.69, 9.17) is 4.74 Å². The van der Waals surface area contributed by atoms with Gasteiger partial charge in [0.25, 0.3) is 0 Å². The number of ether oxygens (including phenoxy) is 1. The Bertz CT molecular complexity index is 308. The van der Waals surface area contributed by atoms with Gasteiger partial charge in [-0.25, -0.2) is 9.78 Å². The number of hydrogen-bond acceptors (Lipinski definition) is 3. The Kier molecular flexibility index (Phi) is 3.87. The fourth-order valence-corrected chi connectivity index (χ4v) is 1.95. The summed E-state index contributed by atoms with van der Waals surface area (Å²) in [5.74, 6) is -0.412. The van der Waals surface area contributed by atoms with Gasteiger partial charge in [0.05, 0.1) is 6.61 Å². The highest BCUT2D eigenvalue weighted by molar-refractivity contribution is 9.11. The second kappa shape index (κ2) is 4.72. The molecule has 0 aromatic carbocycles. The zero-order chi connectivity index (χ0) is 9.84. The number of carbonyl (C=O) groups is 1. The standard InChI is InChI=1S/C8H7Br2NO2/c1-2-13-8(12)6-3-5(9)4-7(10)11-6/h3-4H,2H2,1H3. The summed E-state index contributed by atoms with van der Waals surface area (Å²) >= 11 is 6.44. The first-order valence-electron chi connectivity index (χ1n) is 3.63. The third-order valence-corrected chi connectivity index (χ3v) is 2.11.